The van der Waals surface area contributed by atoms with Gasteiger partial charge in [-0.3, -0.25) is 0 Å². The molecule has 0 atom stereocenters. The molecule has 1 aliphatic rings. The van der Waals surface area contributed by atoms with E-state index in [4.69, 9.17) is 10.9 Å². The zero-order chi connectivity index (χ0) is 14.5. The summed E-state index contributed by atoms with van der Waals surface area (Å²) in [5, 5.41) is 14.9. The van der Waals surface area contributed by atoms with Gasteiger partial charge in [0.15, 0.2) is 5.84 Å². The van der Waals surface area contributed by atoms with E-state index in [1.807, 2.05) is 18.7 Å². The fourth-order valence-electron chi connectivity index (χ4n) is 2.44. The molecule has 1 saturated heterocycles. The molecule has 0 bridgehead atoms. The molecule has 1 fully saturated rings. The van der Waals surface area contributed by atoms with Gasteiger partial charge in [-0.1, -0.05) is 25.9 Å². The van der Waals surface area contributed by atoms with Crippen LogP contribution in [-0.4, -0.2) is 40.6 Å². The maximum absolute atomic E-state index is 12.3. The number of hydrogen-bond donors (Lipinski definition) is 3. The maximum atomic E-state index is 12.3. The Morgan fingerprint density at radius 2 is 1.95 bits per heavy atom. The molecule has 1 heterocycles. The number of nitrogens with zero attached hydrogens (tertiary/aromatic N) is 2. The number of oxime groups is 1. The Bertz CT molecular complexity index is 332. The van der Waals surface area contributed by atoms with Crippen LogP contribution < -0.4 is 11.1 Å². The van der Waals surface area contributed by atoms with E-state index < -0.39 is 5.54 Å². The molecule has 0 aromatic carbocycles. The summed E-state index contributed by atoms with van der Waals surface area (Å²) in [5.74, 6) is 0.742. The van der Waals surface area contributed by atoms with Crippen molar-refractivity contribution in [2.24, 2.45) is 16.8 Å². The number of nitrogens with two attached hydrogens (primary N) is 1. The van der Waals surface area contributed by atoms with Gasteiger partial charge in [0.25, 0.3) is 0 Å². The van der Waals surface area contributed by atoms with Crippen LogP contribution in [0.2, 0.25) is 0 Å². The van der Waals surface area contributed by atoms with Crippen molar-refractivity contribution in [2.45, 2.75) is 52.0 Å². The summed E-state index contributed by atoms with van der Waals surface area (Å²) in [5.41, 5.74) is 4.98. The van der Waals surface area contributed by atoms with Gasteiger partial charge in [-0.2, -0.15) is 0 Å². The topological polar surface area (TPSA) is 91.0 Å². The normalized spacial score (nSPS) is 18.5. The van der Waals surface area contributed by atoms with Gasteiger partial charge in [0.2, 0.25) is 0 Å². The van der Waals surface area contributed by atoms with E-state index in [1.165, 1.54) is 0 Å². The van der Waals surface area contributed by atoms with Crippen molar-refractivity contribution in [1.82, 2.24) is 10.2 Å². The van der Waals surface area contributed by atoms with Crippen molar-refractivity contribution in [3.63, 3.8) is 0 Å². The molecule has 6 nitrogen and oxygen atoms in total. The Morgan fingerprint density at radius 1 is 1.42 bits per heavy atom. The first kappa shape index (κ1) is 15.6. The molecule has 0 aromatic heterocycles. The number of amides is 2. The van der Waals surface area contributed by atoms with Crippen LogP contribution in [0.3, 0.4) is 0 Å². The lowest BCUT2D eigenvalue weighted by atomic mass is 9.91. The third-order valence-electron chi connectivity index (χ3n) is 4.22. The second-order valence-electron chi connectivity index (χ2n) is 5.37. The monoisotopic (exact) mass is 270 g/mol. The second kappa shape index (κ2) is 6.63. The summed E-state index contributed by atoms with van der Waals surface area (Å²) in [7, 11) is 0. The zero-order valence-electron chi connectivity index (χ0n) is 12.1. The second-order valence-corrected chi connectivity index (χ2v) is 5.37. The molecule has 1 aliphatic heterocycles. The smallest absolute Gasteiger partial charge is 0.318 e. The van der Waals surface area contributed by atoms with E-state index in [0.29, 0.717) is 18.8 Å². The third kappa shape index (κ3) is 3.52. The number of nitrogens with one attached hydrogen (secondary N) is 1. The average molecular weight is 270 g/mol. The minimum atomic E-state index is -0.755. The van der Waals surface area contributed by atoms with Crippen LogP contribution in [0.25, 0.3) is 0 Å². The first-order valence-corrected chi connectivity index (χ1v) is 7.04. The molecule has 6 heteroatoms. The van der Waals surface area contributed by atoms with Crippen LogP contribution in [0, 0.1) is 5.92 Å². The minimum absolute atomic E-state index is 0.0660. The van der Waals surface area contributed by atoms with Gasteiger partial charge in [0.05, 0.1) is 0 Å². The average Bonchev–Trinajstić information content (AvgIpc) is 2.44. The summed E-state index contributed by atoms with van der Waals surface area (Å²) in [6.45, 7) is 7.58. The van der Waals surface area contributed by atoms with Gasteiger partial charge >= 0.3 is 6.03 Å². The minimum Gasteiger partial charge on any atom is -0.409 e. The predicted molar refractivity (Wildman–Crippen MR) is 75.2 cm³/mol. The molecule has 110 valence electrons. The highest BCUT2D eigenvalue weighted by Gasteiger charge is 2.35. The Kier molecular flexibility index (Phi) is 5.44. The van der Waals surface area contributed by atoms with Crippen molar-refractivity contribution >= 4 is 11.9 Å². The van der Waals surface area contributed by atoms with E-state index in [2.05, 4.69) is 17.4 Å². The fraction of sp³-hybridized carbons (Fsp3) is 0.846. The molecular weight excluding hydrogens is 244 g/mol. The van der Waals surface area contributed by atoms with E-state index >= 15 is 0 Å². The van der Waals surface area contributed by atoms with E-state index in [0.717, 1.165) is 25.9 Å². The van der Waals surface area contributed by atoms with Gasteiger partial charge in [-0.15, -0.1) is 0 Å². The Labute approximate surface area is 115 Å². The first-order valence-electron chi connectivity index (χ1n) is 7.04. The quantitative estimate of drug-likeness (QED) is 0.314. The maximum Gasteiger partial charge on any atom is 0.318 e. The number of urea groups is 1. The van der Waals surface area contributed by atoms with Crippen LogP contribution in [0.5, 0.6) is 0 Å². The van der Waals surface area contributed by atoms with Crippen molar-refractivity contribution in [2.75, 3.05) is 13.1 Å². The highest BCUT2D eigenvalue weighted by molar-refractivity contribution is 5.93. The van der Waals surface area contributed by atoms with E-state index in [-0.39, 0.29) is 11.9 Å². The molecule has 0 radical (unpaired) electrons. The Morgan fingerprint density at radius 3 is 2.37 bits per heavy atom. The molecule has 0 aliphatic carbocycles. The number of rotatable bonds is 4. The molecule has 0 spiro atoms. The number of carbonyl (C=O) groups is 1. The summed E-state index contributed by atoms with van der Waals surface area (Å²) >= 11 is 0. The van der Waals surface area contributed by atoms with Crippen molar-refractivity contribution < 1.29 is 10.0 Å². The molecule has 0 aromatic rings. The number of amidine groups is 1. The van der Waals surface area contributed by atoms with Gasteiger partial charge in [0.1, 0.15) is 5.54 Å². The van der Waals surface area contributed by atoms with E-state index in [1.54, 1.807) is 0 Å². The van der Waals surface area contributed by atoms with Gasteiger partial charge in [0, 0.05) is 13.1 Å². The Hall–Kier alpha value is -1.46. The lowest BCUT2D eigenvalue weighted by molar-refractivity contribution is 0.165. The number of likely N-dealkylation sites (tertiary alicyclic amines) is 1. The zero-order valence-corrected chi connectivity index (χ0v) is 12.1. The lowest BCUT2D eigenvalue weighted by Gasteiger charge is -2.36. The van der Waals surface area contributed by atoms with Crippen LogP contribution in [0.1, 0.15) is 46.5 Å². The Balaban J connectivity index is 2.72. The molecule has 1 rings (SSSR count). The summed E-state index contributed by atoms with van der Waals surface area (Å²) in [4.78, 5) is 14.1. The van der Waals surface area contributed by atoms with Crippen LogP contribution in [0.4, 0.5) is 4.79 Å². The van der Waals surface area contributed by atoms with Gasteiger partial charge < -0.3 is 21.2 Å². The van der Waals surface area contributed by atoms with Crippen LogP contribution in [0.15, 0.2) is 5.16 Å². The molecule has 4 N–H and O–H groups in total. The SMILES string of the molecule is CCC(CC)(NC(=O)N1CCC(C)CC1)C(N)=NO. The third-order valence-corrected chi connectivity index (χ3v) is 4.22. The van der Waals surface area contributed by atoms with E-state index in [9.17, 15) is 4.79 Å². The number of hydrogen-bond acceptors (Lipinski definition) is 3. The summed E-state index contributed by atoms with van der Waals surface area (Å²) in [6, 6.07) is -0.123. The number of piperidine rings is 1. The fourth-order valence-corrected chi connectivity index (χ4v) is 2.44. The molecule has 19 heavy (non-hydrogen) atoms. The largest absolute Gasteiger partial charge is 0.409 e. The van der Waals surface area contributed by atoms with Crippen molar-refractivity contribution in [3.8, 4) is 0 Å². The van der Waals surface area contributed by atoms with Gasteiger partial charge in [-0.25, -0.2) is 4.79 Å². The van der Waals surface area contributed by atoms with Crippen LogP contribution in [-0.2, 0) is 0 Å². The standard InChI is InChI=1S/C13H26N4O2/c1-4-13(5-2,11(14)16-19)15-12(18)17-8-6-10(3)7-9-17/h10,19H,4-9H2,1-3H3,(H2,14,16)(H,15,18). The number of carbonyl (C=O) groups excluding carboxylic acids is 1. The highest BCUT2D eigenvalue weighted by atomic mass is 16.4. The molecule has 0 saturated carbocycles. The van der Waals surface area contributed by atoms with Gasteiger partial charge in [-0.05, 0) is 31.6 Å². The van der Waals surface area contributed by atoms with Crippen molar-refractivity contribution in [1.29, 1.82) is 0 Å². The lowest BCUT2D eigenvalue weighted by Crippen LogP contribution is -2.60. The van der Waals surface area contributed by atoms with Crippen LogP contribution >= 0.6 is 0 Å². The predicted octanol–water partition coefficient (Wildman–Crippen LogP) is 1.73. The summed E-state index contributed by atoms with van der Waals surface area (Å²) < 4.78 is 0. The summed E-state index contributed by atoms with van der Waals surface area (Å²) in [6.07, 6.45) is 3.25. The molecule has 2 amide bonds. The molecule has 0 unspecified atom stereocenters. The molecular formula is C13H26N4O2. The highest BCUT2D eigenvalue weighted by Crippen LogP contribution is 2.19. The van der Waals surface area contributed by atoms with Crippen molar-refractivity contribution in [3.05, 3.63) is 0 Å². The first-order chi connectivity index (χ1) is 8.99.